The van der Waals surface area contributed by atoms with Crippen LogP contribution in [-0.2, 0) is 0 Å². The van der Waals surface area contributed by atoms with Crippen LogP contribution in [0.1, 0.15) is 0 Å². The first-order chi connectivity index (χ1) is 6.84. The fourth-order valence-corrected chi connectivity index (χ4v) is 3.98. The van der Waals surface area contributed by atoms with Crippen molar-refractivity contribution in [2.45, 2.75) is 9.24 Å². The zero-order valence-electron chi connectivity index (χ0n) is 7.01. The van der Waals surface area contributed by atoms with E-state index in [0.29, 0.717) is 0 Å². The van der Waals surface area contributed by atoms with E-state index in [0.717, 1.165) is 14.3 Å². The monoisotopic (exact) mass is 259 g/mol. The quantitative estimate of drug-likeness (QED) is 0.748. The van der Waals surface area contributed by atoms with E-state index in [1.165, 1.54) is 0 Å². The van der Waals surface area contributed by atoms with E-state index in [4.69, 9.17) is 11.6 Å². The smallest absolute Gasteiger partial charge is 0.160 e. The van der Waals surface area contributed by atoms with Gasteiger partial charge in [0.25, 0.3) is 0 Å². The van der Waals surface area contributed by atoms with Gasteiger partial charge in [0.15, 0.2) is 4.34 Å². The van der Waals surface area contributed by atoms with Gasteiger partial charge >= 0.3 is 0 Å². The summed E-state index contributed by atoms with van der Waals surface area (Å²) in [6.45, 7) is 0. The summed E-state index contributed by atoms with van der Waals surface area (Å²) in [6, 6.07) is 7.82. The molecule has 2 aromatic rings. The van der Waals surface area contributed by atoms with Gasteiger partial charge in [0.2, 0.25) is 0 Å². The summed E-state index contributed by atoms with van der Waals surface area (Å²) >= 11 is 7.51. The second-order valence-corrected chi connectivity index (χ2v) is 6.20. The molecule has 0 saturated carbocycles. The van der Waals surface area contributed by atoms with Crippen LogP contribution in [0.5, 0.6) is 0 Å². The Morgan fingerprint density at radius 3 is 2.93 bits per heavy atom. The first-order valence-corrected chi connectivity index (χ1v) is 7.25. The summed E-state index contributed by atoms with van der Waals surface area (Å²) in [7, 11) is 3.33. The second kappa shape index (κ2) is 5.07. The predicted molar refractivity (Wildman–Crippen MR) is 65.3 cm³/mol. The van der Waals surface area contributed by atoms with E-state index in [2.05, 4.69) is 4.98 Å². The molecular weight excluding hydrogens is 254 g/mol. The Labute approximate surface area is 99.3 Å². The highest BCUT2D eigenvalue weighted by Crippen LogP contribution is 2.38. The Kier molecular flexibility index (Phi) is 3.75. The van der Waals surface area contributed by atoms with Gasteiger partial charge in [-0.05, 0) is 29.0 Å². The molecule has 0 radical (unpaired) electrons. The van der Waals surface area contributed by atoms with E-state index in [1.807, 2.05) is 35.8 Å². The van der Waals surface area contributed by atoms with Crippen LogP contribution in [0.4, 0.5) is 0 Å². The first-order valence-electron chi connectivity index (χ1n) is 3.84. The standard InChI is InChI=1S/C9H6ClNS3/c10-7-2-1-3-8(6-7)13-14-9-11-4-5-12-9/h1-6H. The minimum atomic E-state index is 0.773. The van der Waals surface area contributed by atoms with Crippen LogP contribution in [0.25, 0.3) is 0 Å². The second-order valence-electron chi connectivity index (χ2n) is 2.42. The van der Waals surface area contributed by atoms with Crippen molar-refractivity contribution in [2.24, 2.45) is 0 Å². The van der Waals surface area contributed by atoms with Crippen LogP contribution >= 0.6 is 44.5 Å². The van der Waals surface area contributed by atoms with Gasteiger partial charge in [-0.2, -0.15) is 0 Å². The molecule has 0 spiro atoms. The number of hydrogen-bond acceptors (Lipinski definition) is 4. The van der Waals surface area contributed by atoms with Crippen LogP contribution < -0.4 is 0 Å². The number of aromatic nitrogens is 1. The van der Waals surface area contributed by atoms with Gasteiger partial charge in [0.05, 0.1) is 0 Å². The minimum absolute atomic E-state index is 0.773. The van der Waals surface area contributed by atoms with Gasteiger partial charge < -0.3 is 0 Å². The number of rotatable bonds is 3. The van der Waals surface area contributed by atoms with Crippen molar-refractivity contribution in [3.05, 3.63) is 40.9 Å². The molecule has 0 amide bonds. The summed E-state index contributed by atoms with van der Waals surface area (Å²) < 4.78 is 1.06. The maximum absolute atomic E-state index is 5.87. The lowest BCUT2D eigenvalue weighted by molar-refractivity contribution is 1.26. The molecule has 2 rings (SSSR count). The average Bonchev–Trinajstić information content (AvgIpc) is 2.67. The van der Waals surface area contributed by atoms with Crippen molar-refractivity contribution in [3.63, 3.8) is 0 Å². The maximum atomic E-state index is 5.87. The van der Waals surface area contributed by atoms with E-state index in [9.17, 15) is 0 Å². The SMILES string of the molecule is Clc1cccc(SSc2nccs2)c1. The molecule has 0 aliphatic rings. The average molecular weight is 260 g/mol. The number of nitrogens with zero attached hydrogens (tertiary/aromatic N) is 1. The van der Waals surface area contributed by atoms with E-state index >= 15 is 0 Å². The molecule has 0 unspecified atom stereocenters. The zero-order chi connectivity index (χ0) is 9.80. The molecule has 0 saturated heterocycles. The number of benzene rings is 1. The Balaban J connectivity index is 1.98. The van der Waals surface area contributed by atoms with Gasteiger partial charge in [-0.15, -0.1) is 11.3 Å². The van der Waals surface area contributed by atoms with Crippen molar-refractivity contribution in [1.29, 1.82) is 0 Å². The molecular formula is C9H6ClNS3. The lowest BCUT2D eigenvalue weighted by Gasteiger charge is -1.97. The van der Waals surface area contributed by atoms with Gasteiger partial charge in [-0.3, -0.25) is 0 Å². The lowest BCUT2D eigenvalue weighted by atomic mass is 10.4. The third-order valence-corrected chi connectivity index (χ3v) is 5.15. The molecule has 1 nitrogen and oxygen atoms in total. The largest absolute Gasteiger partial charge is 0.237 e. The first kappa shape index (κ1) is 10.4. The topological polar surface area (TPSA) is 12.9 Å². The van der Waals surface area contributed by atoms with Gasteiger partial charge in [-0.25, -0.2) is 4.98 Å². The fourth-order valence-electron chi connectivity index (χ4n) is 0.854. The van der Waals surface area contributed by atoms with Crippen LogP contribution in [-0.4, -0.2) is 4.98 Å². The van der Waals surface area contributed by atoms with Crippen molar-refractivity contribution < 1.29 is 0 Å². The molecule has 1 heterocycles. The Hall–Kier alpha value is -0.160. The number of thiazole rings is 1. The summed E-state index contributed by atoms with van der Waals surface area (Å²) in [6.07, 6.45) is 1.81. The summed E-state index contributed by atoms with van der Waals surface area (Å²) in [5.41, 5.74) is 0. The Bertz CT molecular complexity index is 402. The molecule has 14 heavy (non-hydrogen) atoms. The van der Waals surface area contributed by atoms with Gasteiger partial charge in [0, 0.05) is 21.5 Å². The van der Waals surface area contributed by atoms with Crippen LogP contribution in [0.3, 0.4) is 0 Å². The van der Waals surface area contributed by atoms with Crippen molar-refractivity contribution in [2.75, 3.05) is 0 Å². The third-order valence-electron chi connectivity index (χ3n) is 1.41. The Morgan fingerprint density at radius 2 is 2.21 bits per heavy atom. The molecule has 0 aliphatic heterocycles. The van der Waals surface area contributed by atoms with Crippen molar-refractivity contribution in [1.82, 2.24) is 4.98 Å². The molecule has 0 aliphatic carbocycles. The Morgan fingerprint density at radius 1 is 1.29 bits per heavy atom. The van der Waals surface area contributed by atoms with Crippen LogP contribution in [0.15, 0.2) is 45.1 Å². The fraction of sp³-hybridized carbons (Fsp3) is 0. The highest BCUT2D eigenvalue weighted by atomic mass is 35.5. The summed E-state index contributed by atoms with van der Waals surface area (Å²) in [5, 5.41) is 2.75. The molecule has 0 atom stereocenters. The number of halogens is 1. The van der Waals surface area contributed by atoms with Crippen LogP contribution in [0.2, 0.25) is 5.02 Å². The maximum Gasteiger partial charge on any atom is 0.160 e. The molecule has 72 valence electrons. The van der Waals surface area contributed by atoms with Gasteiger partial charge in [0.1, 0.15) is 0 Å². The normalized spacial score (nSPS) is 10.4. The molecule has 0 fully saturated rings. The molecule has 5 heteroatoms. The summed E-state index contributed by atoms with van der Waals surface area (Å²) in [5.74, 6) is 0. The van der Waals surface area contributed by atoms with Gasteiger partial charge in [-0.1, -0.05) is 28.5 Å². The van der Waals surface area contributed by atoms with E-state index in [-0.39, 0.29) is 0 Å². The zero-order valence-corrected chi connectivity index (χ0v) is 10.2. The minimum Gasteiger partial charge on any atom is -0.237 e. The molecule has 0 bridgehead atoms. The molecule has 0 N–H and O–H groups in total. The summed E-state index contributed by atoms with van der Waals surface area (Å²) in [4.78, 5) is 5.33. The van der Waals surface area contributed by atoms with E-state index in [1.54, 1.807) is 32.9 Å². The van der Waals surface area contributed by atoms with Crippen molar-refractivity contribution >= 4 is 44.5 Å². The molecule has 1 aromatic heterocycles. The van der Waals surface area contributed by atoms with Crippen molar-refractivity contribution in [3.8, 4) is 0 Å². The third kappa shape index (κ3) is 2.92. The number of hydrogen-bond donors (Lipinski definition) is 0. The predicted octanol–water partition coefficient (Wildman–Crippen LogP) is 4.60. The van der Waals surface area contributed by atoms with Crippen LogP contribution in [0, 0.1) is 0 Å². The highest BCUT2D eigenvalue weighted by molar-refractivity contribution is 8.77. The highest BCUT2D eigenvalue weighted by Gasteiger charge is 1.99. The van der Waals surface area contributed by atoms with E-state index < -0.39 is 0 Å². The molecule has 1 aromatic carbocycles. The lowest BCUT2D eigenvalue weighted by Crippen LogP contribution is -1.68.